The number of hydrogen-bond donors (Lipinski definition) is 1. The van der Waals surface area contributed by atoms with Gasteiger partial charge in [-0.2, -0.15) is 0 Å². The molecule has 2 aliphatic carbocycles. The molecule has 6 nitrogen and oxygen atoms in total. The predicted octanol–water partition coefficient (Wildman–Crippen LogP) is 4.00. The maximum absolute atomic E-state index is 12.3. The van der Waals surface area contributed by atoms with Crippen LogP contribution in [-0.2, 0) is 4.79 Å². The number of nitrogens with zero attached hydrogens (tertiary/aromatic N) is 4. The van der Waals surface area contributed by atoms with Crippen LogP contribution < -0.4 is 5.32 Å². The van der Waals surface area contributed by atoms with E-state index in [0.717, 1.165) is 42.2 Å². The molecule has 0 unspecified atom stereocenters. The highest BCUT2D eigenvalue weighted by molar-refractivity contribution is 7.99. The van der Waals surface area contributed by atoms with E-state index in [1.165, 1.54) is 43.9 Å². The van der Waals surface area contributed by atoms with Crippen LogP contribution in [0.1, 0.15) is 63.8 Å². The summed E-state index contributed by atoms with van der Waals surface area (Å²) >= 11 is 1.51. The van der Waals surface area contributed by atoms with Crippen LogP contribution in [-0.4, -0.2) is 37.5 Å². The summed E-state index contributed by atoms with van der Waals surface area (Å²) in [4.78, 5) is 16.5. The number of carbonyl (C=O) groups is 1. The van der Waals surface area contributed by atoms with E-state index in [1.54, 1.807) is 12.4 Å². The smallest absolute Gasteiger partial charge is 0.230 e. The molecule has 2 aromatic heterocycles. The van der Waals surface area contributed by atoms with Gasteiger partial charge in [0.05, 0.1) is 5.75 Å². The maximum atomic E-state index is 12.3. The molecule has 2 saturated carbocycles. The second kappa shape index (κ2) is 8.87. The lowest BCUT2D eigenvalue weighted by molar-refractivity contribution is -0.119. The Morgan fingerprint density at radius 2 is 1.74 bits per heavy atom. The van der Waals surface area contributed by atoms with Gasteiger partial charge in [0.2, 0.25) is 5.91 Å². The zero-order valence-electron chi connectivity index (χ0n) is 15.6. The van der Waals surface area contributed by atoms with Crippen LogP contribution in [0.5, 0.6) is 0 Å². The van der Waals surface area contributed by atoms with Crippen LogP contribution >= 0.6 is 11.8 Å². The Labute approximate surface area is 164 Å². The predicted molar refractivity (Wildman–Crippen MR) is 106 cm³/mol. The highest BCUT2D eigenvalue weighted by atomic mass is 32.2. The number of rotatable bonds is 6. The summed E-state index contributed by atoms with van der Waals surface area (Å²) < 4.78 is 2.27. The number of hydrogen-bond acceptors (Lipinski definition) is 5. The van der Waals surface area contributed by atoms with Gasteiger partial charge in [-0.15, -0.1) is 10.2 Å². The largest absolute Gasteiger partial charge is 0.353 e. The van der Waals surface area contributed by atoms with Crippen molar-refractivity contribution in [1.29, 1.82) is 0 Å². The molecule has 7 heteroatoms. The van der Waals surface area contributed by atoms with Gasteiger partial charge in [0.1, 0.15) is 0 Å². The van der Waals surface area contributed by atoms with E-state index in [2.05, 4.69) is 25.1 Å². The minimum absolute atomic E-state index is 0.107. The molecule has 2 aliphatic rings. The van der Waals surface area contributed by atoms with Crippen molar-refractivity contribution in [3.05, 3.63) is 24.5 Å². The number of carbonyl (C=O) groups excluding carboxylic acids is 1. The lowest BCUT2D eigenvalue weighted by Gasteiger charge is -2.25. The monoisotopic (exact) mass is 385 g/mol. The van der Waals surface area contributed by atoms with Gasteiger partial charge in [-0.05, 0) is 37.8 Å². The molecule has 0 bridgehead atoms. The number of thioether (sulfide) groups is 1. The molecule has 2 fully saturated rings. The van der Waals surface area contributed by atoms with E-state index < -0.39 is 0 Å². The molecule has 4 rings (SSSR count). The molecule has 0 spiro atoms. The van der Waals surface area contributed by atoms with Crippen LogP contribution in [0.25, 0.3) is 11.4 Å². The van der Waals surface area contributed by atoms with Crippen molar-refractivity contribution in [3.63, 3.8) is 0 Å². The second-order valence-corrected chi connectivity index (χ2v) is 8.48. The average Bonchev–Trinajstić information content (AvgIpc) is 3.37. The van der Waals surface area contributed by atoms with E-state index in [1.807, 2.05) is 12.1 Å². The molecule has 0 radical (unpaired) electrons. The first-order valence-electron chi connectivity index (χ1n) is 10.1. The van der Waals surface area contributed by atoms with Gasteiger partial charge in [-0.3, -0.25) is 14.3 Å². The van der Waals surface area contributed by atoms with E-state index >= 15 is 0 Å². The molecule has 1 N–H and O–H groups in total. The molecule has 0 saturated heterocycles. The van der Waals surface area contributed by atoms with Gasteiger partial charge in [0, 0.05) is 30.0 Å². The van der Waals surface area contributed by atoms with Crippen molar-refractivity contribution in [1.82, 2.24) is 25.1 Å². The van der Waals surface area contributed by atoms with Gasteiger partial charge in [-0.25, -0.2) is 0 Å². The van der Waals surface area contributed by atoms with Crippen molar-refractivity contribution in [2.24, 2.45) is 0 Å². The SMILES string of the molecule is O=C(CSc1nnc(-c2ccncc2)n1C1CCCCC1)NC1CCCC1. The minimum Gasteiger partial charge on any atom is -0.353 e. The topological polar surface area (TPSA) is 72.7 Å². The lowest BCUT2D eigenvalue weighted by Crippen LogP contribution is -2.33. The quantitative estimate of drug-likeness (QED) is 0.761. The van der Waals surface area contributed by atoms with Gasteiger partial charge in [-0.1, -0.05) is 43.9 Å². The Morgan fingerprint density at radius 3 is 2.48 bits per heavy atom. The molecular weight excluding hydrogens is 358 g/mol. The van der Waals surface area contributed by atoms with E-state index in [9.17, 15) is 4.79 Å². The summed E-state index contributed by atoms with van der Waals surface area (Å²) in [5, 5.41) is 12.9. The van der Waals surface area contributed by atoms with E-state index in [4.69, 9.17) is 0 Å². The lowest BCUT2D eigenvalue weighted by atomic mass is 9.95. The molecular formula is C20H27N5OS. The van der Waals surface area contributed by atoms with Crippen molar-refractivity contribution in [3.8, 4) is 11.4 Å². The molecule has 2 aromatic rings. The summed E-state index contributed by atoms with van der Waals surface area (Å²) in [6.07, 6.45) is 14.3. The highest BCUT2D eigenvalue weighted by Crippen LogP contribution is 2.35. The molecule has 0 aromatic carbocycles. The Balaban J connectivity index is 1.51. The third-order valence-electron chi connectivity index (χ3n) is 5.60. The van der Waals surface area contributed by atoms with Gasteiger partial charge in [0.25, 0.3) is 0 Å². The molecule has 0 aliphatic heterocycles. The number of pyridine rings is 1. The van der Waals surface area contributed by atoms with E-state index in [-0.39, 0.29) is 5.91 Å². The first-order valence-corrected chi connectivity index (χ1v) is 11.1. The van der Waals surface area contributed by atoms with Crippen molar-refractivity contribution >= 4 is 17.7 Å². The number of aromatic nitrogens is 4. The molecule has 1 amide bonds. The van der Waals surface area contributed by atoms with Crippen LogP contribution in [0.4, 0.5) is 0 Å². The summed E-state index contributed by atoms with van der Waals surface area (Å²) in [7, 11) is 0. The molecule has 144 valence electrons. The van der Waals surface area contributed by atoms with Gasteiger partial charge < -0.3 is 5.32 Å². The Hall–Kier alpha value is -1.89. The van der Waals surface area contributed by atoms with Crippen molar-refractivity contribution in [2.75, 3.05) is 5.75 Å². The van der Waals surface area contributed by atoms with Crippen LogP contribution in [0.2, 0.25) is 0 Å². The third kappa shape index (κ3) is 4.51. The van der Waals surface area contributed by atoms with Gasteiger partial charge >= 0.3 is 0 Å². The molecule has 2 heterocycles. The third-order valence-corrected chi connectivity index (χ3v) is 6.54. The maximum Gasteiger partial charge on any atom is 0.230 e. The first-order chi connectivity index (χ1) is 13.3. The minimum atomic E-state index is 0.107. The first kappa shape index (κ1) is 18.5. The fourth-order valence-corrected chi connectivity index (χ4v) is 5.03. The van der Waals surface area contributed by atoms with Crippen molar-refractivity contribution < 1.29 is 4.79 Å². The zero-order valence-corrected chi connectivity index (χ0v) is 16.5. The van der Waals surface area contributed by atoms with Crippen LogP contribution in [0.3, 0.4) is 0 Å². The van der Waals surface area contributed by atoms with E-state index in [0.29, 0.717) is 17.8 Å². The standard InChI is InChI=1S/C20H27N5OS/c26-18(22-16-6-4-5-7-16)14-27-20-24-23-19(15-10-12-21-13-11-15)25(20)17-8-2-1-3-9-17/h10-13,16-17H,1-9,14H2,(H,22,26). The highest BCUT2D eigenvalue weighted by Gasteiger charge is 2.24. The Bertz CT molecular complexity index is 751. The van der Waals surface area contributed by atoms with Crippen LogP contribution in [0.15, 0.2) is 29.7 Å². The summed E-state index contributed by atoms with van der Waals surface area (Å²) in [6.45, 7) is 0. The Morgan fingerprint density at radius 1 is 1.04 bits per heavy atom. The fourth-order valence-electron chi connectivity index (χ4n) is 4.21. The zero-order chi connectivity index (χ0) is 18.5. The summed E-state index contributed by atoms with van der Waals surface area (Å²) in [5.74, 6) is 1.40. The number of amides is 1. The number of nitrogens with one attached hydrogen (secondary N) is 1. The summed E-state index contributed by atoms with van der Waals surface area (Å²) in [6, 6.07) is 4.73. The fraction of sp³-hybridized carbons (Fsp3) is 0.600. The average molecular weight is 386 g/mol. The second-order valence-electron chi connectivity index (χ2n) is 7.54. The molecule has 0 atom stereocenters. The normalized spacial score (nSPS) is 18.7. The van der Waals surface area contributed by atoms with Crippen LogP contribution in [0, 0.1) is 0 Å². The Kier molecular flexibility index (Phi) is 6.07. The summed E-state index contributed by atoms with van der Waals surface area (Å²) in [5.41, 5.74) is 1.03. The van der Waals surface area contributed by atoms with Crippen molar-refractivity contribution in [2.45, 2.75) is 75.0 Å². The molecule has 27 heavy (non-hydrogen) atoms. The van der Waals surface area contributed by atoms with Gasteiger partial charge in [0.15, 0.2) is 11.0 Å².